The molecule has 6 nitrogen and oxygen atoms in total. The molecule has 2 saturated carbocycles. The summed E-state index contributed by atoms with van der Waals surface area (Å²) >= 11 is 0. The fourth-order valence-electron chi connectivity index (χ4n) is 6.63. The first-order valence-corrected chi connectivity index (χ1v) is 13.4. The van der Waals surface area contributed by atoms with Gasteiger partial charge >= 0.3 is 0 Å². The van der Waals surface area contributed by atoms with Crippen LogP contribution in [0.4, 0.5) is 8.78 Å². The number of fused-ring (bicyclic) bond motifs is 1. The van der Waals surface area contributed by atoms with Crippen molar-refractivity contribution in [3.63, 3.8) is 0 Å². The van der Waals surface area contributed by atoms with E-state index < -0.39 is 11.6 Å². The Morgan fingerprint density at radius 1 is 0.971 bits per heavy atom. The molecule has 8 heteroatoms. The topological polar surface area (TPSA) is 54.4 Å². The quantitative estimate of drug-likeness (QED) is 0.615. The van der Waals surface area contributed by atoms with Crippen LogP contribution in [-0.4, -0.2) is 46.0 Å². The van der Waals surface area contributed by atoms with Crippen LogP contribution in [0.5, 0.6) is 0 Å². The first-order valence-electron chi connectivity index (χ1n) is 13.4. The van der Waals surface area contributed by atoms with Gasteiger partial charge in [-0.25, -0.2) is 14.2 Å². The Morgan fingerprint density at radius 3 is 2.46 bits per heavy atom. The molecule has 2 saturated heterocycles. The molecule has 4 aliphatic rings. The van der Waals surface area contributed by atoms with Gasteiger partial charge in [-0.1, -0.05) is 6.42 Å². The predicted octanol–water partition coefficient (Wildman–Crippen LogP) is 4.81. The van der Waals surface area contributed by atoms with Crippen molar-refractivity contribution in [3.8, 4) is 0 Å². The molecular weight excluding hydrogens is 448 g/mol. The highest BCUT2D eigenvalue weighted by Crippen LogP contribution is 2.40. The number of hydrazine groups is 1. The summed E-state index contributed by atoms with van der Waals surface area (Å²) in [4.78, 5) is 2.68. The lowest BCUT2D eigenvalue weighted by atomic mass is 9.78. The Hall–Kier alpha value is -1.87. The SMILES string of the molecule is C[C@@H](OC1CCC2NNC(c3cnn(C4CCN(C5CCC5)CC4)c3)C2C1)c1cc(F)cc(F)c1. The first-order chi connectivity index (χ1) is 17.0. The summed E-state index contributed by atoms with van der Waals surface area (Å²) in [5.74, 6) is -0.730. The second kappa shape index (κ2) is 9.88. The molecular formula is C27H37F2N5O. The van der Waals surface area contributed by atoms with Gasteiger partial charge in [0.25, 0.3) is 0 Å². The number of nitrogens with one attached hydrogen (secondary N) is 2. The van der Waals surface area contributed by atoms with E-state index in [9.17, 15) is 8.78 Å². The van der Waals surface area contributed by atoms with Crippen molar-refractivity contribution in [2.45, 2.75) is 94.7 Å². The molecule has 2 aliphatic carbocycles. The predicted molar refractivity (Wildman–Crippen MR) is 129 cm³/mol. The minimum absolute atomic E-state index is 0.0626. The smallest absolute Gasteiger partial charge is 0.126 e. The molecule has 4 fully saturated rings. The molecule has 5 atom stereocenters. The molecule has 1 aromatic carbocycles. The van der Waals surface area contributed by atoms with Crippen LogP contribution in [0.3, 0.4) is 0 Å². The van der Waals surface area contributed by atoms with E-state index in [0.29, 0.717) is 23.6 Å². The minimum Gasteiger partial charge on any atom is -0.371 e. The normalized spacial score (nSPS) is 31.3. The molecule has 190 valence electrons. The molecule has 1 aromatic heterocycles. The summed E-state index contributed by atoms with van der Waals surface area (Å²) in [6, 6.07) is 5.55. The zero-order valence-electron chi connectivity index (χ0n) is 20.5. The van der Waals surface area contributed by atoms with Crippen LogP contribution >= 0.6 is 0 Å². The molecule has 0 radical (unpaired) electrons. The van der Waals surface area contributed by atoms with E-state index >= 15 is 0 Å². The number of benzene rings is 1. The molecule has 0 amide bonds. The van der Waals surface area contributed by atoms with Crippen molar-refractivity contribution in [1.82, 2.24) is 25.5 Å². The zero-order valence-corrected chi connectivity index (χ0v) is 20.5. The molecule has 2 aliphatic heterocycles. The fraction of sp³-hybridized carbons (Fsp3) is 0.667. The van der Waals surface area contributed by atoms with Gasteiger partial charge in [0.05, 0.1) is 30.5 Å². The number of nitrogens with zero attached hydrogens (tertiary/aromatic N) is 3. The average Bonchev–Trinajstić information content (AvgIpc) is 3.45. The van der Waals surface area contributed by atoms with E-state index in [1.165, 1.54) is 62.9 Å². The number of aromatic nitrogens is 2. The lowest BCUT2D eigenvalue weighted by molar-refractivity contribution is -0.0372. The Labute approximate surface area is 206 Å². The lowest BCUT2D eigenvalue weighted by Crippen LogP contribution is -2.45. The second-order valence-electron chi connectivity index (χ2n) is 11.1. The van der Waals surface area contributed by atoms with E-state index in [1.54, 1.807) is 0 Å². The molecule has 3 heterocycles. The van der Waals surface area contributed by atoms with Crippen molar-refractivity contribution < 1.29 is 13.5 Å². The van der Waals surface area contributed by atoms with Crippen molar-refractivity contribution in [2.75, 3.05) is 13.1 Å². The van der Waals surface area contributed by atoms with Crippen LogP contribution in [0, 0.1) is 17.6 Å². The summed E-state index contributed by atoms with van der Waals surface area (Å²) in [6.07, 6.45) is 13.3. The Bertz CT molecular complexity index is 999. The summed E-state index contributed by atoms with van der Waals surface area (Å²) < 4.78 is 35.8. The highest BCUT2D eigenvalue weighted by atomic mass is 19.1. The number of rotatable bonds is 6. The zero-order chi connectivity index (χ0) is 23.9. The second-order valence-corrected chi connectivity index (χ2v) is 11.1. The van der Waals surface area contributed by atoms with Gasteiger partial charge in [-0.15, -0.1) is 0 Å². The van der Waals surface area contributed by atoms with Crippen molar-refractivity contribution >= 4 is 0 Å². The Balaban J connectivity index is 1.08. The van der Waals surface area contributed by atoms with Gasteiger partial charge in [-0.3, -0.25) is 10.1 Å². The Morgan fingerprint density at radius 2 is 1.74 bits per heavy atom. The van der Waals surface area contributed by atoms with Crippen LogP contribution in [0.25, 0.3) is 0 Å². The van der Waals surface area contributed by atoms with Gasteiger partial charge in [0.15, 0.2) is 0 Å². The third kappa shape index (κ3) is 4.90. The van der Waals surface area contributed by atoms with Gasteiger partial charge < -0.3 is 9.64 Å². The van der Waals surface area contributed by atoms with Crippen LogP contribution in [0.15, 0.2) is 30.6 Å². The van der Waals surface area contributed by atoms with E-state index in [-0.39, 0.29) is 18.2 Å². The first kappa shape index (κ1) is 23.5. The lowest BCUT2D eigenvalue weighted by Gasteiger charge is -2.41. The van der Waals surface area contributed by atoms with Crippen molar-refractivity contribution in [3.05, 3.63) is 53.4 Å². The summed E-state index contributed by atoms with van der Waals surface area (Å²) in [5.41, 5.74) is 8.80. The van der Waals surface area contributed by atoms with Crippen LogP contribution in [0.1, 0.15) is 87.6 Å². The van der Waals surface area contributed by atoms with Crippen molar-refractivity contribution in [2.24, 2.45) is 5.92 Å². The molecule has 2 N–H and O–H groups in total. The number of ether oxygens (including phenoxy) is 1. The molecule has 0 spiro atoms. The molecule has 4 unspecified atom stereocenters. The highest BCUT2D eigenvalue weighted by molar-refractivity contribution is 5.20. The van der Waals surface area contributed by atoms with Gasteiger partial charge in [0.1, 0.15) is 11.6 Å². The van der Waals surface area contributed by atoms with Gasteiger partial charge in [-0.05, 0) is 75.5 Å². The van der Waals surface area contributed by atoms with Crippen LogP contribution < -0.4 is 10.9 Å². The molecule has 0 bridgehead atoms. The maximum atomic E-state index is 13.7. The third-order valence-electron chi connectivity index (χ3n) is 8.90. The summed E-state index contributed by atoms with van der Waals surface area (Å²) in [7, 11) is 0. The van der Waals surface area contributed by atoms with E-state index in [2.05, 4.69) is 26.6 Å². The molecule has 2 aromatic rings. The Kier molecular flexibility index (Phi) is 6.64. The number of piperidine rings is 1. The van der Waals surface area contributed by atoms with E-state index in [0.717, 1.165) is 31.4 Å². The molecule has 6 rings (SSSR count). The van der Waals surface area contributed by atoms with Gasteiger partial charge in [0, 0.05) is 43.0 Å². The van der Waals surface area contributed by atoms with Gasteiger partial charge in [-0.2, -0.15) is 5.10 Å². The summed E-state index contributed by atoms with van der Waals surface area (Å²) in [6.45, 7) is 4.25. The number of hydrogen-bond donors (Lipinski definition) is 2. The number of halogens is 2. The third-order valence-corrected chi connectivity index (χ3v) is 8.90. The average molecular weight is 486 g/mol. The largest absolute Gasteiger partial charge is 0.371 e. The highest BCUT2D eigenvalue weighted by Gasteiger charge is 2.42. The number of likely N-dealkylation sites (tertiary alicyclic amines) is 1. The number of hydrogen-bond acceptors (Lipinski definition) is 5. The summed E-state index contributed by atoms with van der Waals surface area (Å²) in [5, 5.41) is 4.78. The maximum Gasteiger partial charge on any atom is 0.126 e. The maximum absolute atomic E-state index is 13.7. The van der Waals surface area contributed by atoms with Crippen LogP contribution in [-0.2, 0) is 4.74 Å². The van der Waals surface area contributed by atoms with E-state index in [4.69, 9.17) is 9.84 Å². The van der Waals surface area contributed by atoms with E-state index in [1.807, 2.05) is 13.1 Å². The van der Waals surface area contributed by atoms with Crippen molar-refractivity contribution in [1.29, 1.82) is 0 Å². The standard InChI is InChI=1S/C27H37F2N5O/c1-17(18-11-20(28)13-21(29)12-18)35-24-5-6-26-25(14-24)27(32-31-26)19-15-30-34(16-19)23-7-9-33(10-8-23)22-3-2-4-22/h11-13,15-17,22-27,31-32H,2-10,14H2,1H3/t17-,24?,25?,26?,27?/m1/s1. The monoisotopic (exact) mass is 485 g/mol. The molecule has 35 heavy (non-hydrogen) atoms. The van der Waals surface area contributed by atoms with Gasteiger partial charge in [0.2, 0.25) is 0 Å². The fourth-order valence-corrected chi connectivity index (χ4v) is 6.63. The van der Waals surface area contributed by atoms with Crippen LogP contribution in [0.2, 0.25) is 0 Å². The minimum atomic E-state index is -0.561.